The van der Waals surface area contributed by atoms with Crippen molar-refractivity contribution in [3.8, 4) is 11.5 Å². The zero-order chi connectivity index (χ0) is 21.1. The molecule has 0 N–H and O–H groups in total. The van der Waals surface area contributed by atoms with Gasteiger partial charge < -0.3 is 9.47 Å². The van der Waals surface area contributed by atoms with E-state index in [2.05, 4.69) is 4.74 Å². The van der Waals surface area contributed by atoms with Crippen molar-refractivity contribution in [3.63, 3.8) is 0 Å². The molecule has 0 atom stereocenters. The van der Waals surface area contributed by atoms with E-state index in [0.29, 0.717) is 18.4 Å². The molecular weight excluding hydrogens is 404 g/mol. The standard InChI is InChI=1S/C17H10F8O3/c18-15(19)28-13-2-1-9(7-26)5-14(13)27-8-10-3-11(16(20,21)22)6-12(4-10)17(23,24)25/h1-7,15H,8H2. The van der Waals surface area contributed by atoms with Gasteiger partial charge in [-0.05, 0) is 42.0 Å². The summed E-state index contributed by atoms with van der Waals surface area (Å²) >= 11 is 0. The summed E-state index contributed by atoms with van der Waals surface area (Å²) in [5.41, 5.74) is -3.64. The fourth-order valence-corrected chi connectivity index (χ4v) is 2.17. The van der Waals surface area contributed by atoms with Crippen LogP contribution in [0.3, 0.4) is 0 Å². The third-order valence-corrected chi connectivity index (χ3v) is 3.36. The molecule has 0 aliphatic heterocycles. The van der Waals surface area contributed by atoms with Crippen molar-refractivity contribution >= 4 is 6.29 Å². The minimum Gasteiger partial charge on any atom is -0.485 e. The smallest absolute Gasteiger partial charge is 0.416 e. The van der Waals surface area contributed by atoms with Crippen LogP contribution in [0.5, 0.6) is 11.5 Å². The molecule has 2 rings (SSSR count). The van der Waals surface area contributed by atoms with Gasteiger partial charge in [-0.1, -0.05) is 0 Å². The number of carbonyl (C=O) groups is 1. The number of hydrogen-bond donors (Lipinski definition) is 0. The highest BCUT2D eigenvalue weighted by Crippen LogP contribution is 2.37. The first-order valence-electron chi connectivity index (χ1n) is 7.35. The zero-order valence-electron chi connectivity index (χ0n) is 13.6. The lowest BCUT2D eigenvalue weighted by molar-refractivity contribution is -0.143. The number of benzene rings is 2. The fraction of sp³-hybridized carbons (Fsp3) is 0.235. The first kappa shape index (κ1) is 21.5. The summed E-state index contributed by atoms with van der Waals surface area (Å²) < 4.78 is 111. The Morgan fingerprint density at radius 1 is 0.857 bits per heavy atom. The van der Waals surface area contributed by atoms with Crippen LogP contribution in [0.25, 0.3) is 0 Å². The summed E-state index contributed by atoms with van der Waals surface area (Å²) in [5, 5.41) is 0. The van der Waals surface area contributed by atoms with Gasteiger partial charge in [-0.25, -0.2) is 0 Å². The molecule has 0 aliphatic carbocycles. The van der Waals surface area contributed by atoms with Crippen molar-refractivity contribution in [2.24, 2.45) is 0 Å². The van der Waals surface area contributed by atoms with Gasteiger partial charge in [0.25, 0.3) is 0 Å². The van der Waals surface area contributed by atoms with Crippen LogP contribution >= 0.6 is 0 Å². The van der Waals surface area contributed by atoms with Gasteiger partial charge in [0.2, 0.25) is 0 Å². The molecule has 0 radical (unpaired) electrons. The molecule has 0 amide bonds. The van der Waals surface area contributed by atoms with Gasteiger partial charge in [-0.3, -0.25) is 4.79 Å². The Labute approximate surface area is 152 Å². The minimum atomic E-state index is -5.04. The van der Waals surface area contributed by atoms with Gasteiger partial charge in [0.05, 0.1) is 11.1 Å². The Kier molecular flexibility index (Phi) is 6.15. The van der Waals surface area contributed by atoms with E-state index in [4.69, 9.17) is 4.74 Å². The molecule has 0 aromatic heterocycles. The molecule has 0 unspecified atom stereocenters. The highest BCUT2D eigenvalue weighted by atomic mass is 19.4. The Hall–Kier alpha value is -2.85. The van der Waals surface area contributed by atoms with E-state index in [1.807, 2.05) is 0 Å². The van der Waals surface area contributed by atoms with E-state index in [1.54, 1.807) is 0 Å². The predicted molar refractivity (Wildman–Crippen MR) is 79.2 cm³/mol. The van der Waals surface area contributed by atoms with Gasteiger partial charge in [-0.15, -0.1) is 0 Å². The number of rotatable bonds is 6. The Morgan fingerprint density at radius 2 is 1.43 bits per heavy atom. The van der Waals surface area contributed by atoms with E-state index in [-0.39, 0.29) is 11.6 Å². The van der Waals surface area contributed by atoms with Crippen molar-refractivity contribution in [1.82, 2.24) is 0 Å². The van der Waals surface area contributed by atoms with E-state index in [1.165, 1.54) is 0 Å². The lowest BCUT2D eigenvalue weighted by atomic mass is 10.1. The van der Waals surface area contributed by atoms with Crippen LogP contribution in [0.4, 0.5) is 35.1 Å². The summed E-state index contributed by atoms with van der Waals surface area (Å²) in [6.45, 7) is -4.09. The maximum atomic E-state index is 12.9. The number of halogens is 8. The van der Waals surface area contributed by atoms with Gasteiger partial charge in [-0.2, -0.15) is 35.1 Å². The summed E-state index contributed by atoms with van der Waals surface area (Å²) in [6.07, 6.45) is -9.75. The van der Waals surface area contributed by atoms with Crippen LogP contribution in [0, 0.1) is 0 Å². The van der Waals surface area contributed by atoms with Crippen molar-refractivity contribution in [3.05, 3.63) is 58.7 Å². The summed E-state index contributed by atoms with van der Waals surface area (Å²) in [5.74, 6) is -0.987. The largest absolute Gasteiger partial charge is 0.485 e. The number of carbonyl (C=O) groups excluding carboxylic acids is 1. The third-order valence-electron chi connectivity index (χ3n) is 3.36. The van der Waals surface area contributed by atoms with Crippen LogP contribution < -0.4 is 9.47 Å². The number of alkyl halides is 8. The van der Waals surface area contributed by atoms with Crippen LogP contribution in [0.15, 0.2) is 36.4 Å². The quantitative estimate of drug-likeness (QED) is 0.448. The lowest BCUT2D eigenvalue weighted by Crippen LogP contribution is -2.12. The second-order valence-corrected chi connectivity index (χ2v) is 5.41. The van der Waals surface area contributed by atoms with E-state index < -0.39 is 53.8 Å². The van der Waals surface area contributed by atoms with Crippen molar-refractivity contribution in [2.75, 3.05) is 0 Å². The molecule has 0 heterocycles. The van der Waals surface area contributed by atoms with Gasteiger partial charge >= 0.3 is 19.0 Å². The van der Waals surface area contributed by atoms with E-state index in [0.717, 1.165) is 18.2 Å². The molecule has 0 bridgehead atoms. The molecule has 3 nitrogen and oxygen atoms in total. The van der Waals surface area contributed by atoms with Crippen molar-refractivity contribution < 1.29 is 49.4 Å². The monoisotopic (exact) mass is 414 g/mol. The molecule has 0 aliphatic rings. The second kappa shape index (κ2) is 8.03. The van der Waals surface area contributed by atoms with E-state index >= 15 is 0 Å². The maximum absolute atomic E-state index is 12.9. The molecule has 28 heavy (non-hydrogen) atoms. The highest BCUT2D eigenvalue weighted by molar-refractivity contribution is 5.76. The first-order chi connectivity index (χ1) is 12.9. The molecule has 2 aromatic carbocycles. The first-order valence-corrected chi connectivity index (χ1v) is 7.35. The molecule has 0 saturated carbocycles. The van der Waals surface area contributed by atoms with Crippen LogP contribution in [0.1, 0.15) is 27.0 Å². The highest BCUT2D eigenvalue weighted by Gasteiger charge is 2.36. The SMILES string of the molecule is O=Cc1ccc(OC(F)F)c(OCc2cc(C(F)(F)F)cc(C(F)(F)F)c2)c1. The molecule has 0 fully saturated rings. The second-order valence-electron chi connectivity index (χ2n) is 5.41. The average Bonchev–Trinajstić information content (AvgIpc) is 2.58. The lowest BCUT2D eigenvalue weighted by Gasteiger charge is -2.16. The number of ether oxygens (including phenoxy) is 2. The Balaban J connectivity index is 2.37. The van der Waals surface area contributed by atoms with E-state index in [9.17, 15) is 39.9 Å². The molecule has 152 valence electrons. The van der Waals surface area contributed by atoms with Crippen LogP contribution in [-0.4, -0.2) is 12.9 Å². The Morgan fingerprint density at radius 3 is 1.89 bits per heavy atom. The summed E-state index contributed by atoms with van der Waals surface area (Å²) in [6, 6.07) is 3.85. The third kappa shape index (κ3) is 5.57. The van der Waals surface area contributed by atoms with Crippen molar-refractivity contribution in [1.29, 1.82) is 0 Å². The van der Waals surface area contributed by atoms with Crippen molar-refractivity contribution in [2.45, 2.75) is 25.6 Å². The fourth-order valence-electron chi connectivity index (χ4n) is 2.17. The average molecular weight is 414 g/mol. The van der Waals surface area contributed by atoms with Gasteiger partial charge in [0, 0.05) is 5.56 Å². The summed E-state index contributed by atoms with van der Waals surface area (Å²) in [4.78, 5) is 10.8. The maximum Gasteiger partial charge on any atom is 0.416 e. The molecule has 0 saturated heterocycles. The minimum absolute atomic E-state index is 0.0309. The summed E-state index contributed by atoms with van der Waals surface area (Å²) in [7, 11) is 0. The predicted octanol–water partition coefficient (Wildman–Crippen LogP) is 5.72. The zero-order valence-corrected chi connectivity index (χ0v) is 13.6. The van der Waals surface area contributed by atoms with Gasteiger partial charge in [0.1, 0.15) is 12.9 Å². The molecular formula is C17H10F8O3. The number of hydrogen-bond acceptors (Lipinski definition) is 3. The topological polar surface area (TPSA) is 35.5 Å². The Bertz CT molecular complexity index is 811. The normalized spacial score (nSPS) is 12.2. The molecule has 11 heteroatoms. The molecule has 0 spiro atoms. The molecule has 2 aromatic rings. The van der Waals surface area contributed by atoms with Crippen LogP contribution in [-0.2, 0) is 19.0 Å². The van der Waals surface area contributed by atoms with Crippen LogP contribution in [0.2, 0.25) is 0 Å². The van der Waals surface area contributed by atoms with Gasteiger partial charge in [0.15, 0.2) is 11.5 Å². The number of aldehydes is 1.